The van der Waals surface area contributed by atoms with Gasteiger partial charge in [-0.3, -0.25) is 9.59 Å². The zero-order valence-corrected chi connectivity index (χ0v) is 19.8. The number of amides is 1. The van der Waals surface area contributed by atoms with Crippen molar-refractivity contribution in [2.45, 2.75) is 77.6 Å². The second-order valence-electron chi connectivity index (χ2n) is 8.63. The van der Waals surface area contributed by atoms with E-state index in [4.69, 9.17) is 4.74 Å². The number of likely N-dealkylation sites (tertiary alicyclic amines) is 1. The van der Waals surface area contributed by atoms with Crippen molar-refractivity contribution in [2.24, 2.45) is 5.92 Å². The van der Waals surface area contributed by atoms with Gasteiger partial charge in [-0.05, 0) is 25.3 Å². The Labute approximate surface area is 194 Å². The predicted molar refractivity (Wildman–Crippen MR) is 120 cm³/mol. The van der Waals surface area contributed by atoms with Crippen molar-refractivity contribution in [1.82, 2.24) is 4.90 Å². The van der Waals surface area contributed by atoms with Crippen molar-refractivity contribution in [3.8, 4) is 5.75 Å². The second kappa shape index (κ2) is 14.1. The van der Waals surface area contributed by atoms with Gasteiger partial charge in [0.1, 0.15) is 0 Å². The summed E-state index contributed by atoms with van der Waals surface area (Å²) in [6, 6.07) is 0.543. The van der Waals surface area contributed by atoms with Crippen molar-refractivity contribution in [1.29, 1.82) is 0 Å². The molecule has 8 heteroatoms. The molecule has 33 heavy (non-hydrogen) atoms. The Balaban J connectivity index is 1.69. The first-order valence-corrected chi connectivity index (χ1v) is 12.1. The Bertz CT molecular complexity index is 779. The number of piperidine rings is 1. The minimum atomic E-state index is -1.47. The number of hydrogen-bond acceptors (Lipinski definition) is 4. The van der Waals surface area contributed by atoms with E-state index >= 15 is 0 Å². The van der Waals surface area contributed by atoms with E-state index in [2.05, 4.69) is 11.7 Å². The number of esters is 1. The lowest BCUT2D eigenvalue weighted by Crippen LogP contribution is -2.41. The number of halogens is 3. The molecule has 2 rings (SSSR count). The van der Waals surface area contributed by atoms with Gasteiger partial charge in [-0.1, -0.05) is 58.3 Å². The van der Waals surface area contributed by atoms with Crippen LogP contribution in [0.2, 0.25) is 0 Å². The van der Waals surface area contributed by atoms with E-state index in [9.17, 15) is 22.8 Å². The number of hydrogen-bond donors (Lipinski definition) is 0. The fourth-order valence-corrected chi connectivity index (χ4v) is 4.11. The normalized spacial score (nSPS) is 14.4. The smallest absolute Gasteiger partial charge is 0.309 e. The number of carbonyl (C=O) groups is 2. The van der Waals surface area contributed by atoms with E-state index in [-0.39, 0.29) is 25.0 Å². The lowest BCUT2D eigenvalue weighted by molar-refractivity contribution is -0.150. The molecule has 0 atom stereocenters. The van der Waals surface area contributed by atoms with Crippen LogP contribution >= 0.6 is 0 Å². The second-order valence-corrected chi connectivity index (χ2v) is 8.63. The highest BCUT2D eigenvalue weighted by Gasteiger charge is 2.31. The fraction of sp³-hybridized carbons (Fsp3) is 0.680. The largest absolute Gasteiger partial charge is 0.491 e. The number of unbranched alkanes of at least 4 members (excludes halogenated alkanes) is 8. The van der Waals surface area contributed by atoms with Gasteiger partial charge in [-0.15, -0.1) is 0 Å². The monoisotopic (exact) mass is 471 g/mol. The summed E-state index contributed by atoms with van der Waals surface area (Å²) in [6.45, 7) is 3.02. The van der Waals surface area contributed by atoms with Gasteiger partial charge in [0.15, 0.2) is 17.4 Å². The van der Waals surface area contributed by atoms with E-state index in [0.29, 0.717) is 25.5 Å². The first-order chi connectivity index (χ1) is 15.9. The highest BCUT2D eigenvalue weighted by Crippen LogP contribution is 2.29. The Morgan fingerprint density at radius 1 is 0.939 bits per heavy atom. The van der Waals surface area contributed by atoms with Gasteiger partial charge in [0.25, 0.3) is 5.91 Å². The van der Waals surface area contributed by atoms with Crippen molar-refractivity contribution in [3.05, 3.63) is 29.1 Å². The maximum absolute atomic E-state index is 14.4. The number of ether oxygens (including phenoxy) is 2. The summed E-state index contributed by atoms with van der Waals surface area (Å²) in [5.41, 5.74) is -0.586. The van der Waals surface area contributed by atoms with Gasteiger partial charge >= 0.3 is 5.97 Å². The summed E-state index contributed by atoms with van der Waals surface area (Å²) < 4.78 is 51.7. The molecule has 0 radical (unpaired) electrons. The summed E-state index contributed by atoms with van der Waals surface area (Å²) >= 11 is 0. The fourth-order valence-electron chi connectivity index (χ4n) is 4.11. The summed E-state index contributed by atoms with van der Waals surface area (Å²) in [5, 5.41) is 0. The first kappa shape index (κ1) is 27.0. The standard InChI is InChI=1S/C25H36F3NO4/c1-3-4-5-6-7-8-9-10-11-16-33-25(31)18-12-14-29(15-13-18)24(30)19-17-20(26)22(28)23(32-2)21(19)27/h17-18H,3-16H2,1-2H3. The van der Waals surface area contributed by atoms with Crippen LogP contribution in [0.1, 0.15) is 87.9 Å². The predicted octanol–water partition coefficient (Wildman–Crippen LogP) is 6.04. The molecule has 186 valence electrons. The maximum Gasteiger partial charge on any atom is 0.309 e. The van der Waals surface area contributed by atoms with Gasteiger partial charge < -0.3 is 14.4 Å². The molecule has 1 fully saturated rings. The molecule has 1 aliphatic rings. The third kappa shape index (κ3) is 7.93. The molecule has 0 spiro atoms. The molecule has 5 nitrogen and oxygen atoms in total. The zero-order valence-electron chi connectivity index (χ0n) is 19.8. The lowest BCUT2D eigenvalue weighted by atomic mass is 9.96. The van der Waals surface area contributed by atoms with Crippen LogP contribution in [0.4, 0.5) is 13.2 Å². The lowest BCUT2D eigenvalue weighted by Gasteiger charge is -2.31. The van der Waals surface area contributed by atoms with Crippen molar-refractivity contribution >= 4 is 11.9 Å². The highest BCUT2D eigenvalue weighted by atomic mass is 19.2. The van der Waals surface area contributed by atoms with Gasteiger partial charge in [0.2, 0.25) is 5.82 Å². The van der Waals surface area contributed by atoms with E-state index in [1.165, 1.54) is 43.4 Å². The van der Waals surface area contributed by atoms with Gasteiger partial charge in [0.05, 0.1) is 25.2 Å². The zero-order chi connectivity index (χ0) is 24.2. The molecular weight excluding hydrogens is 435 g/mol. The van der Waals surface area contributed by atoms with Crippen LogP contribution in [0.5, 0.6) is 5.75 Å². The van der Waals surface area contributed by atoms with E-state index in [1.54, 1.807) is 0 Å². The van der Waals surface area contributed by atoms with Crippen LogP contribution in [-0.4, -0.2) is 43.6 Å². The third-order valence-electron chi connectivity index (χ3n) is 6.16. The summed E-state index contributed by atoms with van der Waals surface area (Å²) in [6.07, 6.45) is 11.4. The molecule has 1 aromatic rings. The average Bonchev–Trinajstić information content (AvgIpc) is 2.82. The molecule has 0 aromatic heterocycles. The Kier molecular flexibility index (Phi) is 11.5. The number of rotatable bonds is 13. The van der Waals surface area contributed by atoms with Gasteiger partial charge in [-0.25, -0.2) is 8.78 Å². The average molecular weight is 472 g/mol. The Morgan fingerprint density at radius 3 is 2.09 bits per heavy atom. The van der Waals surface area contributed by atoms with Crippen molar-refractivity contribution < 1.29 is 32.2 Å². The Morgan fingerprint density at radius 2 is 1.52 bits per heavy atom. The van der Waals surface area contributed by atoms with Crippen LogP contribution in [0.3, 0.4) is 0 Å². The van der Waals surface area contributed by atoms with Crippen LogP contribution in [0.25, 0.3) is 0 Å². The quantitative estimate of drug-likeness (QED) is 0.200. The van der Waals surface area contributed by atoms with Crippen LogP contribution in [0.15, 0.2) is 6.07 Å². The number of carbonyl (C=O) groups excluding carboxylic acids is 2. The van der Waals surface area contributed by atoms with Crippen LogP contribution in [-0.2, 0) is 9.53 Å². The minimum Gasteiger partial charge on any atom is -0.491 e. The molecule has 0 bridgehead atoms. The molecule has 0 saturated carbocycles. The van der Waals surface area contributed by atoms with Crippen molar-refractivity contribution in [2.75, 3.05) is 26.8 Å². The first-order valence-electron chi connectivity index (χ1n) is 12.1. The van der Waals surface area contributed by atoms with Crippen molar-refractivity contribution in [3.63, 3.8) is 0 Å². The van der Waals surface area contributed by atoms with E-state index < -0.39 is 34.7 Å². The maximum atomic E-state index is 14.4. The van der Waals surface area contributed by atoms with E-state index in [0.717, 1.165) is 26.4 Å². The molecule has 1 aromatic carbocycles. The van der Waals surface area contributed by atoms with Crippen LogP contribution < -0.4 is 4.74 Å². The molecule has 1 aliphatic heterocycles. The third-order valence-corrected chi connectivity index (χ3v) is 6.16. The number of methoxy groups -OCH3 is 1. The molecular formula is C25H36F3NO4. The summed E-state index contributed by atoms with van der Waals surface area (Å²) in [5.74, 6) is -6.34. The highest BCUT2D eigenvalue weighted by molar-refractivity contribution is 5.95. The summed E-state index contributed by atoms with van der Waals surface area (Å²) in [4.78, 5) is 26.3. The topological polar surface area (TPSA) is 55.8 Å². The number of nitrogens with zero attached hydrogens (tertiary/aromatic N) is 1. The molecule has 0 aliphatic carbocycles. The van der Waals surface area contributed by atoms with Gasteiger partial charge in [-0.2, -0.15) is 4.39 Å². The molecule has 0 N–H and O–H groups in total. The molecule has 1 amide bonds. The minimum absolute atomic E-state index is 0.206. The molecule has 1 heterocycles. The van der Waals surface area contributed by atoms with Gasteiger partial charge in [0, 0.05) is 13.1 Å². The molecule has 1 saturated heterocycles. The SMILES string of the molecule is CCCCCCCCCCCOC(=O)C1CCN(C(=O)c2cc(F)c(F)c(OC)c2F)CC1. The Hall–Kier alpha value is -2.25. The summed E-state index contributed by atoms with van der Waals surface area (Å²) in [7, 11) is 1.00. The van der Waals surface area contributed by atoms with Crippen LogP contribution in [0, 0.1) is 23.4 Å². The molecule has 0 unspecified atom stereocenters. The van der Waals surface area contributed by atoms with E-state index in [1.807, 2.05) is 0 Å². The number of benzene rings is 1.